The summed E-state index contributed by atoms with van der Waals surface area (Å²) in [7, 11) is 0. The van der Waals surface area contributed by atoms with Crippen LogP contribution in [0.25, 0.3) is 5.82 Å². The molecule has 116 valence electrons. The number of pyridine rings is 1. The lowest BCUT2D eigenvalue weighted by Gasteiger charge is -2.16. The van der Waals surface area contributed by atoms with Crippen LogP contribution in [0.1, 0.15) is 53.3 Å². The summed E-state index contributed by atoms with van der Waals surface area (Å²) in [5.74, 6) is -0.544. The number of aromatic nitrogens is 3. The number of hydrogen-bond acceptors (Lipinski definition) is 3. The summed E-state index contributed by atoms with van der Waals surface area (Å²) in [4.78, 5) is 23.9. The highest BCUT2D eigenvalue weighted by molar-refractivity contribution is 5.88. The van der Waals surface area contributed by atoms with Crippen LogP contribution in [-0.2, 0) is 0 Å². The lowest BCUT2D eigenvalue weighted by atomic mass is 10.1. The Morgan fingerprint density at radius 1 is 1.32 bits per heavy atom. The lowest BCUT2D eigenvalue weighted by Crippen LogP contribution is -2.28. The van der Waals surface area contributed by atoms with Gasteiger partial charge in [0, 0.05) is 12.3 Å². The maximum Gasteiger partial charge on any atom is 0.341 e. The first-order valence-electron chi connectivity index (χ1n) is 7.51. The molecule has 0 aromatic carbocycles. The van der Waals surface area contributed by atoms with Crippen LogP contribution < -0.4 is 5.56 Å². The predicted octanol–water partition coefficient (Wildman–Crippen LogP) is 2.46. The highest BCUT2D eigenvalue weighted by Gasteiger charge is 2.23. The Labute approximate surface area is 128 Å². The van der Waals surface area contributed by atoms with Crippen LogP contribution in [0, 0.1) is 13.8 Å². The van der Waals surface area contributed by atoms with Crippen molar-refractivity contribution in [2.75, 3.05) is 0 Å². The molecule has 0 saturated heterocycles. The van der Waals surface area contributed by atoms with Crippen LogP contribution in [-0.4, -0.2) is 25.4 Å². The van der Waals surface area contributed by atoms with Crippen LogP contribution in [0.3, 0.4) is 0 Å². The molecule has 1 fully saturated rings. The summed E-state index contributed by atoms with van der Waals surface area (Å²) < 4.78 is 3.28. The van der Waals surface area contributed by atoms with E-state index in [1.54, 1.807) is 19.2 Å². The zero-order valence-electron chi connectivity index (χ0n) is 12.7. The highest BCUT2D eigenvalue weighted by atomic mass is 16.4. The second kappa shape index (κ2) is 5.44. The third-order valence-corrected chi connectivity index (χ3v) is 4.27. The second-order valence-corrected chi connectivity index (χ2v) is 5.88. The molecule has 0 atom stereocenters. The quantitative estimate of drug-likeness (QED) is 0.944. The average Bonchev–Trinajstić information content (AvgIpc) is 3.07. The van der Waals surface area contributed by atoms with E-state index < -0.39 is 11.5 Å². The minimum atomic E-state index is -1.19. The molecule has 1 aliphatic rings. The van der Waals surface area contributed by atoms with Gasteiger partial charge in [-0.05, 0) is 38.3 Å². The van der Waals surface area contributed by atoms with Gasteiger partial charge in [0.25, 0.3) is 5.56 Å². The van der Waals surface area contributed by atoms with E-state index in [0.29, 0.717) is 11.4 Å². The van der Waals surface area contributed by atoms with Crippen molar-refractivity contribution in [2.24, 2.45) is 0 Å². The maximum absolute atomic E-state index is 12.5. The van der Waals surface area contributed by atoms with Gasteiger partial charge in [0.1, 0.15) is 11.4 Å². The summed E-state index contributed by atoms with van der Waals surface area (Å²) >= 11 is 0. The van der Waals surface area contributed by atoms with Crippen molar-refractivity contribution in [1.82, 2.24) is 14.3 Å². The van der Waals surface area contributed by atoms with Crippen LogP contribution in [0.5, 0.6) is 0 Å². The van der Waals surface area contributed by atoms with Gasteiger partial charge in [-0.1, -0.05) is 12.8 Å². The van der Waals surface area contributed by atoms with E-state index in [0.717, 1.165) is 31.4 Å². The molecule has 0 aliphatic heterocycles. The number of hydrogen-bond donors (Lipinski definition) is 1. The molecule has 3 rings (SSSR count). The molecule has 0 amide bonds. The van der Waals surface area contributed by atoms with E-state index >= 15 is 0 Å². The summed E-state index contributed by atoms with van der Waals surface area (Å²) in [6.07, 6.45) is 6.03. The van der Waals surface area contributed by atoms with Gasteiger partial charge in [0.2, 0.25) is 0 Å². The highest BCUT2D eigenvalue weighted by Crippen LogP contribution is 2.31. The molecule has 1 aliphatic carbocycles. The van der Waals surface area contributed by atoms with Crippen LogP contribution in [0.4, 0.5) is 0 Å². The van der Waals surface area contributed by atoms with Crippen molar-refractivity contribution in [3.63, 3.8) is 0 Å². The number of carboxylic acids is 1. The Kier molecular flexibility index (Phi) is 3.60. The van der Waals surface area contributed by atoms with Crippen LogP contribution in [0.2, 0.25) is 0 Å². The molecule has 6 nitrogen and oxygen atoms in total. The zero-order chi connectivity index (χ0) is 15.9. The van der Waals surface area contributed by atoms with Gasteiger partial charge in [-0.15, -0.1) is 0 Å². The summed E-state index contributed by atoms with van der Waals surface area (Å²) in [6, 6.07) is 3.78. The zero-order valence-corrected chi connectivity index (χ0v) is 12.7. The van der Waals surface area contributed by atoms with Crippen molar-refractivity contribution in [3.8, 4) is 5.82 Å². The first kappa shape index (κ1) is 14.6. The van der Waals surface area contributed by atoms with E-state index in [2.05, 4.69) is 5.10 Å². The first-order valence-corrected chi connectivity index (χ1v) is 7.51. The number of carbonyl (C=O) groups is 1. The van der Waals surface area contributed by atoms with E-state index in [9.17, 15) is 14.7 Å². The average molecular weight is 301 g/mol. The largest absolute Gasteiger partial charge is 0.477 e. The molecule has 2 heterocycles. The van der Waals surface area contributed by atoms with E-state index in [1.165, 1.54) is 4.57 Å². The standard InChI is InChI=1S/C16H19N3O3/c1-10-7-8-18(15(20)14(10)16(21)22)13-9-11(2)17-19(13)12-5-3-4-6-12/h7-9,12H,3-6H2,1-2H3,(H,21,22). The van der Waals surface area contributed by atoms with Crippen molar-refractivity contribution >= 4 is 5.97 Å². The van der Waals surface area contributed by atoms with Crippen LogP contribution in [0.15, 0.2) is 23.1 Å². The molecular weight excluding hydrogens is 282 g/mol. The maximum atomic E-state index is 12.5. The molecule has 0 unspecified atom stereocenters. The van der Waals surface area contributed by atoms with Gasteiger partial charge in [-0.2, -0.15) is 5.10 Å². The first-order chi connectivity index (χ1) is 10.5. The molecule has 22 heavy (non-hydrogen) atoms. The molecule has 6 heteroatoms. The van der Waals surface area contributed by atoms with Gasteiger partial charge >= 0.3 is 5.97 Å². The molecule has 1 saturated carbocycles. The van der Waals surface area contributed by atoms with E-state index in [-0.39, 0.29) is 11.6 Å². The van der Waals surface area contributed by atoms with Crippen molar-refractivity contribution < 1.29 is 9.90 Å². The molecule has 0 bridgehead atoms. The fraction of sp³-hybridized carbons (Fsp3) is 0.438. The van der Waals surface area contributed by atoms with E-state index in [4.69, 9.17) is 0 Å². The lowest BCUT2D eigenvalue weighted by molar-refractivity contribution is 0.0693. The van der Waals surface area contributed by atoms with Gasteiger partial charge in [0.15, 0.2) is 0 Å². The Balaban J connectivity index is 2.18. The number of rotatable bonds is 3. The SMILES string of the molecule is Cc1cc(-n2ccc(C)c(C(=O)O)c2=O)n(C2CCCC2)n1. The third-order valence-electron chi connectivity index (χ3n) is 4.27. The van der Waals surface area contributed by atoms with Crippen molar-refractivity contribution in [3.05, 3.63) is 45.5 Å². The second-order valence-electron chi connectivity index (χ2n) is 5.88. The van der Waals surface area contributed by atoms with Crippen molar-refractivity contribution in [1.29, 1.82) is 0 Å². The Morgan fingerprint density at radius 3 is 2.64 bits per heavy atom. The molecule has 2 aromatic heterocycles. The Morgan fingerprint density at radius 2 is 2.00 bits per heavy atom. The molecule has 0 radical (unpaired) electrons. The van der Waals surface area contributed by atoms with E-state index in [1.807, 2.05) is 17.7 Å². The van der Waals surface area contributed by atoms with Gasteiger partial charge in [-0.25, -0.2) is 9.48 Å². The van der Waals surface area contributed by atoms with Gasteiger partial charge in [-0.3, -0.25) is 9.36 Å². The molecule has 2 aromatic rings. The van der Waals surface area contributed by atoms with Crippen molar-refractivity contribution in [2.45, 2.75) is 45.6 Å². The smallest absolute Gasteiger partial charge is 0.341 e. The molecular formula is C16H19N3O3. The number of aryl methyl sites for hydroxylation is 2. The number of carboxylic acid groups (broad SMARTS) is 1. The topological polar surface area (TPSA) is 77.1 Å². The fourth-order valence-corrected chi connectivity index (χ4v) is 3.17. The monoisotopic (exact) mass is 301 g/mol. The molecule has 0 spiro atoms. The van der Waals surface area contributed by atoms with Gasteiger partial charge < -0.3 is 5.11 Å². The summed E-state index contributed by atoms with van der Waals surface area (Å²) in [5, 5.41) is 13.8. The third kappa shape index (κ3) is 2.34. The summed E-state index contributed by atoms with van der Waals surface area (Å²) in [6.45, 7) is 3.51. The molecule has 1 N–H and O–H groups in total. The van der Waals surface area contributed by atoms with Crippen LogP contribution >= 0.6 is 0 Å². The van der Waals surface area contributed by atoms with Gasteiger partial charge in [0.05, 0.1) is 11.7 Å². The fourth-order valence-electron chi connectivity index (χ4n) is 3.17. The number of aromatic carboxylic acids is 1. The predicted molar refractivity (Wildman–Crippen MR) is 81.8 cm³/mol. The minimum absolute atomic E-state index is 0.181. The Bertz CT molecular complexity index is 782. The minimum Gasteiger partial charge on any atom is -0.477 e. The Hall–Kier alpha value is -2.37. The number of nitrogens with zero attached hydrogens (tertiary/aromatic N) is 3. The normalized spacial score (nSPS) is 15.4. The summed E-state index contributed by atoms with van der Waals surface area (Å²) in [5.41, 5.74) is 0.606.